The van der Waals surface area contributed by atoms with Gasteiger partial charge in [0.25, 0.3) is 0 Å². The fraction of sp³-hybridized carbons (Fsp3) is 0.333. The predicted molar refractivity (Wildman–Crippen MR) is 73.1 cm³/mol. The van der Waals surface area contributed by atoms with Crippen LogP contribution in [0.1, 0.15) is 6.92 Å². The third-order valence-electron chi connectivity index (χ3n) is 2.24. The zero-order valence-corrected chi connectivity index (χ0v) is 11.2. The van der Waals surface area contributed by atoms with E-state index in [2.05, 4.69) is 23.3 Å². The lowest BCUT2D eigenvalue weighted by atomic mass is 10.2. The summed E-state index contributed by atoms with van der Waals surface area (Å²) in [6, 6.07) is 6.38. The molecule has 0 aromatic heterocycles. The van der Waals surface area contributed by atoms with Gasteiger partial charge in [-0.3, -0.25) is 9.59 Å². The van der Waals surface area contributed by atoms with E-state index >= 15 is 0 Å². The fourth-order valence-corrected chi connectivity index (χ4v) is 1.66. The Morgan fingerprint density at radius 2 is 2.06 bits per heavy atom. The molecule has 5 nitrogen and oxygen atoms in total. The molecule has 1 unspecified atom stereocenters. The number of para-hydroxylation sites is 2. The van der Waals surface area contributed by atoms with Crippen molar-refractivity contribution in [1.82, 2.24) is 5.32 Å². The second-order valence-corrected chi connectivity index (χ2v) is 3.99. The maximum Gasteiger partial charge on any atom is 0.247 e. The van der Waals surface area contributed by atoms with Gasteiger partial charge in [-0.15, -0.1) is 0 Å². The van der Waals surface area contributed by atoms with Crippen LogP contribution in [0.5, 0.6) is 5.75 Å². The predicted octanol–water partition coefficient (Wildman–Crippen LogP) is 1.07. The molecule has 0 aliphatic heterocycles. The summed E-state index contributed by atoms with van der Waals surface area (Å²) >= 11 is 4.04. The van der Waals surface area contributed by atoms with Gasteiger partial charge in [0.15, 0.2) is 0 Å². The lowest BCUT2D eigenvalue weighted by Gasteiger charge is -2.16. The van der Waals surface area contributed by atoms with E-state index in [1.54, 1.807) is 24.3 Å². The molecule has 0 radical (unpaired) electrons. The number of carbonyl (C=O) groups is 2. The Morgan fingerprint density at radius 3 is 2.61 bits per heavy atom. The van der Waals surface area contributed by atoms with Crippen molar-refractivity contribution in [3.05, 3.63) is 24.3 Å². The molecule has 1 atom stereocenters. The van der Waals surface area contributed by atoms with Gasteiger partial charge in [0, 0.05) is 12.7 Å². The van der Waals surface area contributed by atoms with E-state index in [0.29, 0.717) is 11.4 Å². The van der Waals surface area contributed by atoms with Crippen LogP contribution in [0.3, 0.4) is 0 Å². The summed E-state index contributed by atoms with van der Waals surface area (Å²) in [5.41, 5.74) is 0.558. The van der Waals surface area contributed by atoms with Crippen molar-refractivity contribution < 1.29 is 14.3 Å². The first-order valence-corrected chi connectivity index (χ1v) is 6.03. The van der Waals surface area contributed by atoms with Crippen molar-refractivity contribution in [1.29, 1.82) is 0 Å². The van der Waals surface area contributed by atoms with Gasteiger partial charge in [-0.05, 0) is 12.1 Å². The van der Waals surface area contributed by atoms with Gasteiger partial charge in [-0.1, -0.05) is 12.1 Å². The number of rotatable bonds is 5. The second-order valence-electron chi connectivity index (χ2n) is 3.63. The van der Waals surface area contributed by atoms with Gasteiger partial charge in [-0.25, -0.2) is 0 Å². The quantitative estimate of drug-likeness (QED) is 0.700. The summed E-state index contributed by atoms with van der Waals surface area (Å²) in [4.78, 5) is 22.9. The van der Waals surface area contributed by atoms with Crippen LogP contribution in [0.15, 0.2) is 24.3 Å². The molecular formula is C12H16N2O3S. The van der Waals surface area contributed by atoms with Crippen LogP contribution in [-0.4, -0.2) is 30.7 Å². The Morgan fingerprint density at radius 1 is 1.39 bits per heavy atom. The number of benzene rings is 1. The molecule has 18 heavy (non-hydrogen) atoms. The van der Waals surface area contributed by atoms with Crippen molar-refractivity contribution >= 4 is 30.1 Å². The molecule has 1 aromatic rings. The Kier molecular flexibility index (Phi) is 5.51. The molecule has 0 aliphatic rings. The van der Waals surface area contributed by atoms with Gasteiger partial charge < -0.3 is 15.4 Å². The molecule has 2 N–H and O–H groups in total. The number of carbonyl (C=O) groups excluding carboxylic acids is 2. The minimum atomic E-state index is -0.671. The Labute approximate surface area is 111 Å². The largest absolute Gasteiger partial charge is 0.495 e. The highest BCUT2D eigenvalue weighted by atomic mass is 32.1. The summed E-state index contributed by atoms with van der Waals surface area (Å²) in [6.45, 7) is 1.35. The van der Waals surface area contributed by atoms with Crippen LogP contribution in [0.4, 0.5) is 5.69 Å². The molecule has 0 heterocycles. The first-order chi connectivity index (χ1) is 8.58. The van der Waals surface area contributed by atoms with Crippen molar-refractivity contribution in [2.75, 3.05) is 18.2 Å². The van der Waals surface area contributed by atoms with E-state index in [0.717, 1.165) is 0 Å². The first kappa shape index (κ1) is 14.4. The van der Waals surface area contributed by atoms with E-state index < -0.39 is 6.04 Å². The van der Waals surface area contributed by atoms with E-state index in [-0.39, 0.29) is 17.6 Å². The van der Waals surface area contributed by atoms with Crippen molar-refractivity contribution in [2.45, 2.75) is 13.0 Å². The fourth-order valence-electron chi connectivity index (χ4n) is 1.41. The van der Waals surface area contributed by atoms with Crippen molar-refractivity contribution in [2.24, 2.45) is 0 Å². The molecule has 0 fully saturated rings. The first-order valence-electron chi connectivity index (χ1n) is 5.40. The number of hydrogen-bond donors (Lipinski definition) is 3. The molecule has 98 valence electrons. The molecule has 6 heteroatoms. The highest BCUT2D eigenvalue weighted by molar-refractivity contribution is 7.80. The average Bonchev–Trinajstić information content (AvgIpc) is 2.36. The molecule has 0 spiro atoms. The van der Waals surface area contributed by atoms with Gasteiger partial charge in [-0.2, -0.15) is 12.6 Å². The summed E-state index contributed by atoms with van der Waals surface area (Å²) in [5, 5.41) is 5.21. The zero-order chi connectivity index (χ0) is 13.5. The molecule has 0 saturated carbocycles. The Bertz CT molecular complexity index is 437. The van der Waals surface area contributed by atoms with Gasteiger partial charge in [0.05, 0.1) is 12.8 Å². The number of hydrogen-bond acceptors (Lipinski definition) is 4. The molecule has 0 bridgehead atoms. The highest BCUT2D eigenvalue weighted by Crippen LogP contribution is 2.23. The molecule has 2 amide bonds. The minimum absolute atomic E-state index is 0.223. The maximum absolute atomic E-state index is 11.9. The molecule has 0 saturated heterocycles. The number of methoxy groups -OCH3 is 1. The number of ether oxygens (including phenoxy) is 1. The summed E-state index contributed by atoms with van der Waals surface area (Å²) in [6.07, 6.45) is 0. The van der Waals surface area contributed by atoms with E-state index in [1.165, 1.54) is 14.0 Å². The Hall–Kier alpha value is -1.69. The topological polar surface area (TPSA) is 67.4 Å². The molecule has 1 aromatic carbocycles. The average molecular weight is 268 g/mol. The van der Waals surface area contributed by atoms with Crippen LogP contribution in [0, 0.1) is 0 Å². The molecule has 1 rings (SSSR count). The third kappa shape index (κ3) is 3.96. The summed E-state index contributed by atoms with van der Waals surface area (Å²) < 4.78 is 5.12. The number of amides is 2. The number of anilines is 1. The van der Waals surface area contributed by atoms with Crippen LogP contribution in [0.25, 0.3) is 0 Å². The summed E-state index contributed by atoms with van der Waals surface area (Å²) in [5.74, 6) is 0.182. The van der Waals surface area contributed by atoms with E-state index in [4.69, 9.17) is 4.74 Å². The molecular weight excluding hydrogens is 252 g/mol. The minimum Gasteiger partial charge on any atom is -0.495 e. The monoisotopic (exact) mass is 268 g/mol. The highest BCUT2D eigenvalue weighted by Gasteiger charge is 2.18. The van der Waals surface area contributed by atoms with Crippen LogP contribution < -0.4 is 15.4 Å². The Balaban J connectivity index is 2.76. The standard InChI is InChI=1S/C12H16N2O3S/c1-8(15)13-10(7-18)12(16)14-9-5-3-4-6-11(9)17-2/h3-6,10,18H,7H2,1-2H3,(H,13,15)(H,14,16). The SMILES string of the molecule is COc1ccccc1NC(=O)C(CS)NC(C)=O. The lowest BCUT2D eigenvalue weighted by molar-refractivity contribution is -0.124. The third-order valence-corrected chi connectivity index (χ3v) is 2.61. The number of thiol groups is 1. The van der Waals surface area contributed by atoms with Gasteiger partial charge in [0.2, 0.25) is 11.8 Å². The normalized spacial score (nSPS) is 11.5. The smallest absolute Gasteiger partial charge is 0.247 e. The van der Waals surface area contributed by atoms with Gasteiger partial charge in [0.1, 0.15) is 11.8 Å². The second kappa shape index (κ2) is 6.90. The lowest BCUT2D eigenvalue weighted by Crippen LogP contribution is -2.44. The van der Waals surface area contributed by atoms with E-state index in [1.807, 2.05) is 0 Å². The van der Waals surface area contributed by atoms with Crippen molar-refractivity contribution in [3.63, 3.8) is 0 Å². The van der Waals surface area contributed by atoms with Crippen molar-refractivity contribution in [3.8, 4) is 5.75 Å². The zero-order valence-electron chi connectivity index (χ0n) is 10.3. The maximum atomic E-state index is 11.9. The summed E-state index contributed by atoms with van der Waals surface area (Å²) in [7, 11) is 1.52. The van der Waals surface area contributed by atoms with Crippen LogP contribution in [-0.2, 0) is 9.59 Å². The van der Waals surface area contributed by atoms with Crippen LogP contribution >= 0.6 is 12.6 Å². The van der Waals surface area contributed by atoms with Crippen LogP contribution in [0.2, 0.25) is 0 Å². The van der Waals surface area contributed by atoms with Gasteiger partial charge >= 0.3 is 0 Å². The number of nitrogens with one attached hydrogen (secondary N) is 2. The van der Waals surface area contributed by atoms with E-state index in [9.17, 15) is 9.59 Å². The molecule has 0 aliphatic carbocycles.